The molecule has 2 rings (SSSR count). The Kier molecular flexibility index (Phi) is 9.49. The van der Waals surface area contributed by atoms with Crippen molar-refractivity contribution in [2.75, 3.05) is 13.2 Å². The van der Waals surface area contributed by atoms with Gasteiger partial charge in [-0.15, -0.1) is 0 Å². The minimum absolute atomic E-state index is 0.175. The van der Waals surface area contributed by atoms with Crippen LogP contribution in [0.2, 0.25) is 0 Å². The summed E-state index contributed by atoms with van der Waals surface area (Å²) >= 11 is 3.47. The van der Waals surface area contributed by atoms with E-state index in [0.717, 1.165) is 22.0 Å². The molecule has 168 valence electrons. The van der Waals surface area contributed by atoms with Crippen LogP contribution in [0.15, 0.2) is 46.9 Å². The zero-order chi connectivity index (χ0) is 23.0. The maximum absolute atomic E-state index is 13.3. The average molecular weight is 493 g/mol. The number of ether oxygens (including phenoxy) is 1. The summed E-state index contributed by atoms with van der Waals surface area (Å²) in [5.74, 6) is -0.0675. The van der Waals surface area contributed by atoms with Gasteiger partial charge < -0.3 is 15.0 Å². The van der Waals surface area contributed by atoms with Crippen molar-refractivity contribution in [3.8, 4) is 5.75 Å². The standard InChI is InChI=1S/C24H30BrFN2O3/c1-5-18-8-11-22(21(25)12-18)31-15-23(29)28(14-19-6-9-20(26)10-7-19)17(4)24(30)27-13-16(2)3/h6-12,16-17H,5,13-15H2,1-4H3,(H,27,30)/t17-/m1/s1. The largest absolute Gasteiger partial charge is 0.483 e. The number of hydrogen-bond acceptors (Lipinski definition) is 3. The Morgan fingerprint density at radius 2 is 1.74 bits per heavy atom. The van der Waals surface area contributed by atoms with Crippen LogP contribution in [0, 0.1) is 11.7 Å². The van der Waals surface area contributed by atoms with Gasteiger partial charge in [-0.3, -0.25) is 9.59 Å². The number of halogens is 2. The highest BCUT2D eigenvalue weighted by molar-refractivity contribution is 9.10. The SMILES string of the molecule is CCc1ccc(OCC(=O)N(Cc2ccc(F)cc2)[C@H](C)C(=O)NCC(C)C)c(Br)c1. The molecular formula is C24H30BrFN2O3. The number of aryl methyl sites for hydroxylation is 1. The summed E-state index contributed by atoms with van der Waals surface area (Å²) in [6.07, 6.45) is 0.895. The molecule has 2 aromatic carbocycles. The van der Waals surface area contributed by atoms with Crippen LogP contribution in [0.25, 0.3) is 0 Å². The van der Waals surface area contributed by atoms with Crippen LogP contribution in [0.1, 0.15) is 38.8 Å². The van der Waals surface area contributed by atoms with Gasteiger partial charge in [0.1, 0.15) is 17.6 Å². The van der Waals surface area contributed by atoms with Crippen LogP contribution in [-0.2, 0) is 22.6 Å². The quantitative estimate of drug-likeness (QED) is 0.521. The average Bonchev–Trinajstić information content (AvgIpc) is 2.75. The first-order chi connectivity index (χ1) is 14.7. The second-order valence-corrected chi connectivity index (χ2v) is 8.72. The topological polar surface area (TPSA) is 58.6 Å². The Morgan fingerprint density at radius 3 is 2.32 bits per heavy atom. The zero-order valence-electron chi connectivity index (χ0n) is 18.5. The van der Waals surface area contributed by atoms with E-state index in [-0.39, 0.29) is 30.8 Å². The summed E-state index contributed by atoms with van der Waals surface area (Å²) in [5, 5.41) is 2.87. The number of nitrogens with zero attached hydrogens (tertiary/aromatic N) is 1. The van der Waals surface area contributed by atoms with Crippen LogP contribution in [0.4, 0.5) is 4.39 Å². The molecule has 31 heavy (non-hydrogen) atoms. The fourth-order valence-corrected chi connectivity index (χ4v) is 3.47. The molecule has 2 aromatic rings. The number of carbonyl (C=O) groups is 2. The summed E-state index contributed by atoms with van der Waals surface area (Å²) in [6.45, 7) is 8.23. The number of carbonyl (C=O) groups excluding carboxylic acids is 2. The Balaban J connectivity index is 2.14. The predicted molar refractivity (Wildman–Crippen MR) is 123 cm³/mol. The molecule has 0 aromatic heterocycles. The van der Waals surface area contributed by atoms with Crippen LogP contribution < -0.4 is 10.1 Å². The number of nitrogens with one attached hydrogen (secondary N) is 1. The second-order valence-electron chi connectivity index (χ2n) is 7.87. The van der Waals surface area contributed by atoms with E-state index in [1.54, 1.807) is 19.1 Å². The van der Waals surface area contributed by atoms with Gasteiger partial charge in [0.15, 0.2) is 6.61 Å². The molecule has 5 nitrogen and oxygen atoms in total. The first kappa shape index (κ1) is 24.9. The smallest absolute Gasteiger partial charge is 0.261 e. The predicted octanol–water partition coefficient (Wildman–Crippen LogP) is 4.72. The van der Waals surface area contributed by atoms with Crippen molar-refractivity contribution >= 4 is 27.7 Å². The van der Waals surface area contributed by atoms with Gasteiger partial charge in [0, 0.05) is 13.1 Å². The minimum Gasteiger partial charge on any atom is -0.483 e. The lowest BCUT2D eigenvalue weighted by molar-refractivity contribution is -0.142. The molecule has 0 aliphatic rings. The van der Waals surface area contributed by atoms with Gasteiger partial charge in [-0.2, -0.15) is 0 Å². The molecular weight excluding hydrogens is 463 g/mol. The first-order valence-electron chi connectivity index (χ1n) is 10.4. The number of hydrogen-bond donors (Lipinski definition) is 1. The zero-order valence-corrected chi connectivity index (χ0v) is 20.0. The van der Waals surface area contributed by atoms with Crippen molar-refractivity contribution in [2.45, 2.75) is 46.7 Å². The summed E-state index contributed by atoms with van der Waals surface area (Å²) in [6, 6.07) is 10.9. The van der Waals surface area contributed by atoms with Gasteiger partial charge in [0.25, 0.3) is 5.91 Å². The Bertz CT molecular complexity index is 887. The van der Waals surface area contributed by atoms with Crippen LogP contribution in [0.3, 0.4) is 0 Å². The highest BCUT2D eigenvalue weighted by Gasteiger charge is 2.26. The van der Waals surface area contributed by atoms with E-state index in [0.29, 0.717) is 18.2 Å². The normalized spacial score (nSPS) is 11.8. The van der Waals surface area contributed by atoms with Gasteiger partial charge in [0.2, 0.25) is 5.91 Å². The molecule has 0 heterocycles. The summed E-state index contributed by atoms with van der Waals surface area (Å²) in [7, 11) is 0. The van der Waals surface area contributed by atoms with E-state index >= 15 is 0 Å². The monoisotopic (exact) mass is 492 g/mol. The number of amides is 2. The van der Waals surface area contributed by atoms with E-state index in [1.165, 1.54) is 17.0 Å². The molecule has 0 saturated carbocycles. The molecule has 0 radical (unpaired) electrons. The van der Waals surface area contributed by atoms with E-state index < -0.39 is 6.04 Å². The number of benzene rings is 2. The third-order valence-corrected chi connectivity index (χ3v) is 5.49. The van der Waals surface area contributed by atoms with Gasteiger partial charge >= 0.3 is 0 Å². The molecule has 0 aliphatic carbocycles. The highest BCUT2D eigenvalue weighted by Crippen LogP contribution is 2.26. The minimum atomic E-state index is -0.703. The highest BCUT2D eigenvalue weighted by atomic mass is 79.9. The van der Waals surface area contributed by atoms with Gasteiger partial charge in [-0.1, -0.05) is 39.0 Å². The van der Waals surface area contributed by atoms with E-state index in [1.807, 2.05) is 32.0 Å². The first-order valence-corrected chi connectivity index (χ1v) is 11.2. The van der Waals surface area contributed by atoms with Gasteiger partial charge in [-0.25, -0.2) is 4.39 Å². The van der Waals surface area contributed by atoms with Crippen LogP contribution in [0.5, 0.6) is 5.75 Å². The van der Waals surface area contributed by atoms with Gasteiger partial charge in [0.05, 0.1) is 4.47 Å². The lowest BCUT2D eigenvalue weighted by Crippen LogP contribution is -2.49. The van der Waals surface area contributed by atoms with E-state index in [4.69, 9.17) is 4.74 Å². The molecule has 0 bridgehead atoms. The van der Waals surface area contributed by atoms with Crippen molar-refractivity contribution < 1.29 is 18.7 Å². The second kappa shape index (κ2) is 11.8. The van der Waals surface area contributed by atoms with E-state index in [2.05, 4.69) is 28.2 Å². The van der Waals surface area contributed by atoms with Crippen molar-refractivity contribution in [3.63, 3.8) is 0 Å². The Morgan fingerprint density at radius 1 is 1.10 bits per heavy atom. The summed E-state index contributed by atoms with van der Waals surface area (Å²) in [4.78, 5) is 27.1. The fourth-order valence-electron chi connectivity index (χ4n) is 2.93. The molecule has 0 aliphatic heterocycles. The molecule has 7 heteroatoms. The molecule has 0 saturated heterocycles. The van der Waals surface area contributed by atoms with Crippen molar-refractivity contribution in [1.29, 1.82) is 0 Å². The van der Waals surface area contributed by atoms with Crippen LogP contribution >= 0.6 is 15.9 Å². The molecule has 1 N–H and O–H groups in total. The van der Waals surface area contributed by atoms with Gasteiger partial charge in [-0.05, 0) is 70.6 Å². The number of rotatable bonds is 10. The Hall–Kier alpha value is -2.41. The maximum Gasteiger partial charge on any atom is 0.261 e. The summed E-state index contributed by atoms with van der Waals surface area (Å²) < 4.78 is 19.8. The van der Waals surface area contributed by atoms with Crippen molar-refractivity contribution in [2.24, 2.45) is 5.92 Å². The molecule has 1 atom stereocenters. The fraction of sp³-hybridized carbons (Fsp3) is 0.417. The third kappa shape index (κ3) is 7.65. The molecule has 0 unspecified atom stereocenters. The maximum atomic E-state index is 13.3. The Labute approximate surface area is 192 Å². The molecule has 0 fully saturated rings. The van der Waals surface area contributed by atoms with Crippen LogP contribution in [-0.4, -0.2) is 35.9 Å². The van der Waals surface area contributed by atoms with Crippen molar-refractivity contribution in [3.05, 3.63) is 63.9 Å². The lowest BCUT2D eigenvalue weighted by Gasteiger charge is -2.29. The van der Waals surface area contributed by atoms with Crippen molar-refractivity contribution in [1.82, 2.24) is 10.2 Å². The summed E-state index contributed by atoms with van der Waals surface area (Å²) in [5.41, 5.74) is 1.88. The molecule has 2 amide bonds. The lowest BCUT2D eigenvalue weighted by atomic mass is 10.1. The van der Waals surface area contributed by atoms with E-state index in [9.17, 15) is 14.0 Å². The third-order valence-electron chi connectivity index (χ3n) is 4.87. The molecule has 0 spiro atoms.